The normalized spacial score (nSPS) is 11.6. The van der Waals surface area contributed by atoms with Crippen LogP contribution in [0.5, 0.6) is 0 Å². The lowest BCUT2D eigenvalue weighted by Crippen LogP contribution is -2.34. The summed E-state index contributed by atoms with van der Waals surface area (Å²) in [5.74, 6) is 1.19. The molecule has 0 saturated heterocycles. The molecular weight excluding hydrogens is 318 g/mol. The van der Waals surface area contributed by atoms with Crippen LogP contribution in [-0.4, -0.2) is 37.2 Å². The van der Waals surface area contributed by atoms with E-state index in [1.165, 1.54) is 12.3 Å². The molecule has 1 aromatic heterocycles. The summed E-state index contributed by atoms with van der Waals surface area (Å²) in [7, 11) is 5.83. The fraction of sp³-hybridized carbons (Fsp3) is 0.214. The van der Waals surface area contributed by atoms with Crippen molar-refractivity contribution in [1.29, 1.82) is 0 Å². The van der Waals surface area contributed by atoms with E-state index in [1.807, 2.05) is 21.1 Å². The number of nitrogens with one attached hydrogen (secondary N) is 1. The summed E-state index contributed by atoms with van der Waals surface area (Å²) in [6, 6.07) is 6.78. The second-order valence-corrected chi connectivity index (χ2v) is 5.77. The number of rotatable bonds is 6. The number of hydrogen-bond donors (Lipinski definition) is 1. The van der Waals surface area contributed by atoms with Crippen molar-refractivity contribution in [3.63, 3.8) is 0 Å². The largest absolute Gasteiger partial charge is 0.411 e. The Morgan fingerprint density at radius 1 is 1.12 bits per heavy atom. The molecule has 0 aliphatic rings. The number of nitro benzene ring substituents is 2. The molecule has 2 aromatic rings. The molecule has 10 heteroatoms. The predicted molar refractivity (Wildman–Crippen MR) is 89.2 cm³/mol. The zero-order valence-electron chi connectivity index (χ0n) is 13.3. The number of hydrazone groups is 1. The maximum Gasteiger partial charge on any atom is 0.301 e. The molecule has 10 nitrogen and oxygen atoms in total. The first kappa shape index (κ1) is 17.1. The number of hydrogen-bond acceptors (Lipinski definition) is 7. The van der Waals surface area contributed by atoms with Crippen LogP contribution in [0.25, 0.3) is 0 Å². The summed E-state index contributed by atoms with van der Waals surface area (Å²) in [6.45, 7) is 0. The third-order valence-corrected chi connectivity index (χ3v) is 3.04. The van der Waals surface area contributed by atoms with Gasteiger partial charge in [0.15, 0.2) is 5.76 Å². The van der Waals surface area contributed by atoms with Gasteiger partial charge in [-0.2, -0.15) is 5.10 Å². The number of anilines is 1. The summed E-state index contributed by atoms with van der Waals surface area (Å²) >= 11 is 0. The summed E-state index contributed by atoms with van der Waals surface area (Å²) in [6.07, 6.45) is 1.37. The first-order valence-electron chi connectivity index (χ1n) is 6.82. The molecule has 126 valence electrons. The Hall–Kier alpha value is -3.27. The Balaban J connectivity index is 2.18. The van der Waals surface area contributed by atoms with Gasteiger partial charge in [0.2, 0.25) is 0 Å². The van der Waals surface area contributed by atoms with Gasteiger partial charge in [-0.15, -0.1) is 0 Å². The van der Waals surface area contributed by atoms with Crippen molar-refractivity contribution in [3.8, 4) is 0 Å². The lowest BCUT2D eigenvalue weighted by molar-refractivity contribution is -0.393. The zero-order valence-corrected chi connectivity index (χ0v) is 13.3. The number of nitrogens with zero attached hydrogens (tertiary/aromatic N) is 4. The maximum atomic E-state index is 11.0. The van der Waals surface area contributed by atoms with E-state index in [9.17, 15) is 20.2 Å². The minimum atomic E-state index is -0.715. The summed E-state index contributed by atoms with van der Waals surface area (Å²) < 4.78 is 6.07. The van der Waals surface area contributed by atoms with Gasteiger partial charge >= 0.3 is 5.69 Å². The fourth-order valence-corrected chi connectivity index (χ4v) is 1.82. The van der Waals surface area contributed by atoms with E-state index >= 15 is 0 Å². The summed E-state index contributed by atoms with van der Waals surface area (Å²) in [4.78, 5) is 20.3. The molecule has 0 atom stereocenters. The van der Waals surface area contributed by atoms with E-state index in [1.54, 1.807) is 12.1 Å². The molecule has 0 aliphatic heterocycles. The quantitative estimate of drug-likeness (QED) is 0.375. The van der Waals surface area contributed by atoms with Crippen LogP contribution in [0.2, 0.25) is 0 Å². The van der Waals surface area contributed by atoms with Crippen molar-refractivity contribution >= 4 is 29.2 Å². The van der Waals surface area contributed by atoms with Crippen molar-refractivity contribution in [2.45, 2.75) is 0 Å². The average molecular weight is 334 g/mol. The van der Waals surface area contributed by atoms with Crippen molar-refractivity contribution in [1.82, 2.24) is 4.48 Å². The molecular formula is C14H16N5O5+. The number of nitro groups is 2. The van der Waals surface area contributed by atoms with Gasteiger partial charge in [-0.05, 0) is 12.1 Å². The van der Waals surface area contributed by atoms with Gasteiger partial charge in [-0.25, -0.2) is 0 Å². The van der Waals surface area contributed by atoms with Crippen LogP contribution < -0.4 is 9.91 Å². The third-order valence-electron chi connectivity index (χ3n) is 3.04. The molecule has 1 N–H and O–H groups in total. The number of furan rings is 1. The van der Waals surface area contributed by atoms with Crippen LogP contribution in [0, 0.1) is 20.2 Å². The van der Waals surface area contributed by atoms with Crippen LogP contribution in [0.15, 0.2) is 39.9 Å². The average Bonchev–Trinajstić information content (AvgIpc) is 2.96. The van der Waals surface area contributed by atoms with Crippen LogP contribution in [0.1, 0.15) is 5.76 Å². The summed E-state index contributed by atoms with van der Waals surface area (Å²) in [5, 5.41) is 25.6. The van der Waals surface area contributed by atoms with Crippen LogP contribution >= 0.6 is 0 Å². The van der Waals surface area contributed by atoms with Crippen molar-refractivity contribution < 1.29 is 14.3 Å². The van der Waals surface area contributed by atoms with E-state index in [0.29, 0.717) is 10.2 Å². The van der Waals surface area contributed by atoms with Gasteiger partial charge in [0.05, 0.1) is 43.3 Å². The Morgan fingerprint density at radius 3 is 2.38 bits per heavy atom. The highest BCUT2D eigenvalue weighted by Crippen LogP contribution is 2.29. The van der Waals surface area contributed by atoms with Crippen LogP contribution in [-0.2, 0) is 0 Å². The molecule has 24 heavy (non-hydrogen) atoms. The second kappa shape index (κ2) is 6.46. The lowest BCUT2D eigenvalue weighted by atomic mass is 10.2. The molecule has 0 aliphatic carbocycles. The Labute approximate surface area is 136 Å². The first-order chi connectivity index (χ1) is 11.2. The SMILES string of the molecule is C[N+](C)(C)c1ccc(C=NNc2ccc([N+](=O)[O-])cc2[N+](=O)[O-])o1. The van der Waals surface area contributed by atoms with Crippen LogP contribution in [0.4, 0.5) is 22.9 Å². The predicted octanol–water partition coefficient (Wildman–Crippen LogP) is 2.74. The number of non-ortho nitro benzene ring substituents is 1. The minimum Gasteiger partial charge on any atom is -0.411 e. The van der Waals surface area contributed by atoms with E-state index in [0.717, 1.165) is 18.0 Å². The van der Waals surface area contributed by atoms with E-state index < -0.39 is 15.5 Å². The topological polar surface area (TPSA) is 124 Å². The molecule has 2 rings (SSSR count). The fourth-order valence-electron chi connectivity index (χ4n) is 1.82. The molecule has 0 saturated carbocycles. The van der Waals surface area contributed by atoms with Crippen molar-refractivity contribution in [2.75, 3.05) is 26.6 Å². The third kappa shape index (κ3) is 3.93. The van der Waals surface area contributed by atoms with Crippen molar-refractivity contribution in [2.24, 2.45) is 5.10 Å². The highest BCUT2D eigenvalue weighted by Gasteiger charge is 2.19. The van der Waals surface area contributed by atoms with Crippen LogP contribution in [0.3, 0.4) is 0 Å². The van der Waals surface area contributed by atoms with Gasteiger partial charge in [-0.1, -0.05) is 0 Å². The highest BCUT2D eigenvalue weighted by molar-refractivity contribution is 5.78. The first-order valence-corrected chi connectivity index (χ1v) is 6.82. The van der Waals surface area contributed by atoms with Gasteiger partial charge in [0, 0.05) is 12.1 Å². The number of quaternary nitrogens is 1. The standard InChI is InChI=1S/C14H16N5O5/c1-19(2,3)14-7-5-11(24-14)9-15-16-12-6-4-10(17(20)21)8-13(12)18(22)23/h4-9,16H,1-3H3/q+1. The lowest BCUT2D eigenvalue weighted by Gasteiger charge is -2.18. The molecule has 1 aromatic carbocycles. The van der Waals surface area contributed by atoms with E-state index in [4.69, 9.17) is 4.42 Å². The maximum absolute atomic E-state index is 11.0. The molecule has 0 spiro atoms. The molecule has 0 bridgehead atoms. The molecule has 0 unspecified atom stereocenters. The highest BCUT2D eigenvalue weighted by atomic mass is 16.6. The van der Waals surface area contributed by atoms with Gasteiger partial charge in [-0.3, -0.25) is 30.1 Å². The Kier molecular flexibility index (Phi) is 4.60. The van der Waals surface area contributed by atoms with Gasteiger partial charge in [0.25, 0.3) is 11.6 Å². The minimum absolute atomic E-state index is 0.0419. The number of benzene rings is 1. The summed E-state index contributed by atoms with van der Waals surface area (Å²) in [5.41, 5.74) is 1.74. The Bertz CT molecular complexity index is 806. The smallest absolute Gasteiger partial charge is 0.301 e. The van der Waals surface area contributed by atoms with Crippen molar-refractivity contribution in [3.05, 3.63) is 56.3 Å². The second-order valence-electron chi connectivity index (χ2n) is 5.77. The molecule has 1 heterocycles. The molecule has 0 amide bonds. The molecule has 0 fully saturated rings. The van der Waals surface area contributed by atoms with E-state index in [-0.39, 0.29) is 11.4 Å². The Morgan fingerprint density at radius 2 is 1.83 bits per heavy atom. The van der Waals surface area contributed by atoms with Gasteiger partial charge in [0.1, 0.15) is 5.69 Å². The van der Waals surface area contributed by atoms with Gasteiger partial charge < -0.3 is 4.42 Å². The molecule has 0 radical (unpaired) electrons. The zero-order chi connectivity index (χ0) is 17.9. The monoisotopic (exact) mass is 334 g/mol. The van der Waals surface area contributed by atoms with E-state index in [2.05, 4.69) is 10.5 Å².